The van der Waals surface area contributed by atoms with Gasteiger partial charge in [0.05, 0.1) is 0 Å². The van der Waals surface area contributed by atoms with Gasteiger partial charge in [0, 0.05) is 39.3 Å². The SMILES string of the molecule is Cl.NCCN1CCN(S(=O)(=O)c2ccc(C(N)=O)o2)CC1. The number of piperazine rings is 1. The number of carbonyl (C=O) groups excluding carboxylic acids is 1. The number of primary amides is 1. The van der Waals surface area contributed by atoms with Crippen LogP contribution in [-0.4, -0.2) is 62.8 Å². The second-order valence-corrected chi connectivity index (χ2v) is 6.39. The van der Waals surface area contributed by atoms with Crippen molar-refractivity contribution in [1.29, 1.82) is 0 Å². The first kappa shape index (κ1) is 17.9. The minimum atomic E-state index is -3.71. The third-order valence-electron chi connectivity index (χ3n) is 3.19. The Morgan fingerprint density at radius 2 is 1.86 bits per heavy atom. The molecule has 0 spiro atoms. The smallest absolute Gasteiger partial charge is 0.284 e. The lowest BCUT2D eigenvalue weighted by Gasteiger charge is -2.33. The number of nitrogens with two attached hydrogens (primary N) is 2. The zero-order valence-electron chi connectivity index (χ0n) is 11.4. The third-order valence-corrected chi connectivity index (χ3v) is 4.97. The molecule has 1 aromatic heterocycles. The van der Waals surface area contributed by atoms with Crippen molar-refractivity contribution in [1.82, 2.24) is 9.21 Å². The summed E-state index contributed by atoms with van der Waals surface area (Å²) in [6, 6.07) is 2.52. The van der Waals surface area contributed by atoms with Gasteiger partial charge in [0.1, 0.15) is 0 Å². The fourth-order valence-electron chi connectivity index (χ4n) is 2.09. The Morgan fingerprint density at radius 1 is 1.24 bits per heavy atom. The normalized spacial score (nSPS) is 17.4. The summed E-state index contributed by atoms with van der Waals surface area (Å²) in [6.07, 6.45) is 0. The number of hydrogen-bond acceptors (Lipinski definition) is 6. The minimum Gasteiger partial charge on any atom is -0.438 e. The van der Waals surface area contributed by atoms with Gasteiger partial charge in [-0.25, -0.2) is 8.42 Å². The molecule has 1 aromatic rings. The van der Waals surface area contributed by atoms with Gasteiger partial charge < -0.3 is 15.9 Å². The number of furan rings is 1. The van der Waals surface area contributed by atoms with Gasteiger partial charge in [-0.3, -0.25) is 9.69 Å². The molecule has 0 atom stereocenters. The van der Waals surface area contributed by atoms with Crippen LogP contribution in [0.1, 0.15) is 10.6 Å². The van der Waals surface area contributed by atoms with E-state index in [2.05, 4.69) is 4.90 Å². The van der Waals surface area contributed by atoms with Crippen LogP contribution in [0.3, 0.4) is 0 Å². The third kappa shape index (κ3) is 3.95. The lowest BCUT2D eigenvalue weighted by atomic mass is 10.3. The lowest BCUT2D eigenvalue weighted by Crippen LogP contribution is -2.49. The van der Waals surface area contributed by atoms with Gasteiger partial charge in [-0.15, -0.1) is 12.4 Å². The van der Waals surface area contributed by atoms with Gasteiger partial charge in [0.25, 0.3) is 15.9 Å². The lowest BCUT2D eigenvalue weighted by molar-refractivity contribution is 0.0968. The van der Waals surface area contributed by atoms with E-state index in [9.17, 15) is 13.2 Å². The summed E-state index contributed by atoms with van der Waals surface area (Å²) in [7, 11) is -3.71. The number of sulfonamides is 1. The molecule has 10 heteroatoms. The predicted molar refractivity (Wildman–Crippen MR) is 78.7 cm³/mol. The molecule has 0 bridgehead atoms. The highest BCUT2D eigenvalue weighted by molar-refractivity contribution is 7.89. The molecule has 2 heterocycles. The molecule has 4 N–H and O–H groups in total. The van der Waals surface area contributed by atoms with E-state index in [0.717, 1.165) is 6.54 Å². The van der Waals surface area contributed by atoms with E-state index in [1.54, 1.807) is 0 Å². The van der Waals surface area contributed by atoms with Crippen molar-refractivity contribution >= 4 is 28.3 Å². The monoisotopic (exact) mass is 338 g/mol. The van der Waals surface area contributed by atoms with Crippen LogP contribution < -0.4 is 11.5 Å². The maximum Gasteiger partial charge on any atom is 0.284 e. The Hall–Kier alpha value is -1.13. The van der Waals surface area contributed by atoms with Crippen molar-refractivity contribution in [2.24, 2.45) is 11.5 Å². The highest BCUT2D eigenvalue weighted by Crippen LogP contribution is 2.20. The molecule has 2 rings (SSSR count). The number of carbonyl (C=O) groups is 1. The summed E-state index contributed by atoms with van der Waals surface area (Å²) in [4.78, 5) is 13.0. The van der Waals surface area contributed by atoms with Crippen LogP contribution in [0.25, 0.3) is 0 Å². The van der Waals surface area contributed by atoms with Crippen LogP contribution in [0.15, 0.2) is 21.6 Å². The van der Waals surface area contributed by atoms with Crippen LogP contribution in [0.5, 0.6) is 0 Å². The van der Waals surface area contributed by atoms with Crippen molar-refractivity contribution in [3.63, 3.8) is 0 Å². The van der Waals surface area contributed by atoms with Crippen molar-refractivity contribution in [3.05, 3.63) is 17.9 Å². The maximum atomic E-state index is 12.3. The molecule has 1 fully saturated rings. The van der Waals surface area contributed by atoms with E-state index in [1.165, 1.54) is 16.4 Å². The van der Waals surface area contributed by atoms with Crippen LogP contribution in [0.2, 0.25) is 0 Å². The minimum absolute atomic E-state index is 0. The predicted octanol–water partition coefficient (Wildman–Crippen LogP) is -0.935. The summed E-state index contributed by atoms with van der Waals surface area (Å²) in [5, 5.41) is -0.251. The van der Waals surface area contributed by atoms with Gasteiger partial charge in [-0.05, 0) is 12.1 Å². The van der Waals surface area contributed by atoms with Crippen molar-refractivity contribution < 1.29 is 17.6 Å². The van der Waals surface area contributed by atoms with Gasteiger partial charge in [-0.2, -0.15) is 4.31 Å². The second kappa shape index (κ2) is 7.23. The van der Waals surface area contributed by atoms with Gasteiger partial charge in [0.15, 0.2) is 5.76 Å². The summed E-state index contributed by atoms with van der Waals surface area (Å²) in [6.45, 7) is 3.29. The summed E-state index contributed by atoms with van der Waals surface area (Å²) in [5.74, 6) is -0.954. The van der Waals surface area contributed by atoms with Crippen LogP contribution in [0.4, 0.5) is 0 Å². The number of rotatable bonds is 5. The van der Waals surface area contributed by atoms with Gasteiger partial charge in [-0.1, -0.05) is 0 Å². The van der Waals surface area contributed by atoms with Crippen LogP contribution in [0, 0.1) is 0 Å². The molecule has 0 radical (unpaired) electrons. The summed E-state index contributed by atoms with van der Waals surface area (Å²) in [5.41, 5.74) is 10.5. The summed E-state index contributed by atoms with van der Waals surface area (Å²) < 4.78 is 31.0. The van der Waals surface area contributed by atoms with Crippen LogP contribution in [-0.2, 0) is 10.0 Å². The van der Waals surface area contributed by atoms with Crippen LogP contribution >= 0.6 is 12.4 Å². The Labute approximate surface area is 129 Å². The molecule has 0 aliphatic carbocycles. The van der Waals surface area contributed by atoms with Crippen molar-refractivity contribution in [3.8, 4) is 0 Å². The Morgan fingerprint density at radius 3 is 2.33 bits per heavy atom. The number of nitrogens with zero attached hydrogens (tertiary/aromatic N) is 2. The molecule has 0 aromatic carbocycles. The highest BCUT2D eigenvalue weighted by Gasteiger charge is 2.31. The molecule has 21 heavy (non-hydrogen) atoms. The topological polar surface area (TPSA) is 123 Å². The van der Waals surface area contributed by atoms with E-state index in [0.29, 0.717) is 32.7 Å². The second-order valence-electron chi connectivity index (χ2n) is 4.52. The Bertz CT molecular complexity index is 581. The van der Waals surface area contributed by atoms with E-state index < -0.39 is 15.9 Å². The molecule has 1 aliphatic heterocycles. The van der Waals surface area contributed by atoms with E-state index in [-0.39, 0.29) is 23.3 Å². The number of halogens is 1. The zero-order valence-corrected chi connectivity index (χ0v) is 13.0. The molecule has 1 amide bonds. The molecule has 8 nitrogen and oxygen atoms in total. The standard InChI is InChI=1S/C11H18N4O4S.ClH/c12-3-4-14-5-7-15(8-6-14)20(17,18)10-2-1-9(19-10)11(13)16;/h1-2H,3-8,12H2,(H2,13,16);1H. The molecule has 120 valence electrons. The average molecular weight is 339 g/mol. The van der Waals surface area contributed by atoms with E-state index >= 15 is 0 Å². The zero-order chi connectivity index (χ0) is 14.8. The summed E-state index contributed by atoms with van der Waals surface area (Å²) >= 11 is 0. The first-order valence-electron chi connectivity index (χ1n) is 6.27. The molecular formula is C11H19ClN4O4S. The molecule has 1 aliphatic rings. The van der Waals surface area contributed by atoms with Gasteiger partial charge in [0.2, 0.25) is 5.09 Å². The Balaban J connectivity index is 0.00000220. The van der Waals surface area contributed by atoms with E-state index in [4.69, 9.17) is 15.9 Å². The molecule has 1 saturated heterocycles. The molecule has 0 unspecified atom stereocenters. The van der Waals surface area contributed by atoms with Gasteiger partial charge >= 0.3 is 0 Å². The number of hydrogen-bond donors (Lipinski definition) is 2. The first-order chi connectivity index (χ1) is 9.45. The van der Waals surface area contributed by atoms with E-state index in [1.807, 2.05) is 0 Å². The molecule has 0 saturated carbocycles. The largest absolute Gasteiger partial charge is 0.438 e. The first-order valence-corrected chi connectivity index (χ1v) is 7.71. The maximum absolute atomic E-state index is 12.3. The fourth-order valence-corrected chi connectivity index (χ4v) is 3.43. The number of amides is 1. The Kier molecular flexibility index (Phi) is 6.17. The quantitative estimate of drug-likeness (QED) is 0.714. The highest BCUT2D eigenvalue weighted by atomic mass is 35.5. The van der Waals surface area contributed by atoms with Crippen molar-refractivity contribution in [2.75, 3.05) is 39.3 Å². The average Bonchev–Trinajstić information content (AvgIpc) is 2.90. The fraction of sp³-hybridized carbons (Fsp3) is 0.545. The van der Waals surface area contributed by atoms with Crippen molar-refractivity contribution in [2.45, 2.75) is 5.09 Å². The molecular weight excluding hydrogens is 320 g/mol.